The summed E-state index contributed by atoms with van der Waals surface area (Å²) in [5.41, 5.74) is 2.79. The van der Waals surface area contributed by atoms with Crippen molar-refractivity contribution in [3.63, 3.8) is 0 Å². The van der Waals surface area contributed by atoms with E-state index >= 15 is 0 Å². The Balaban J connectivity index is 1.71. The molecule has 1 unspecified atom stereocenters. The predicted molar refractivity (Wildman–Crippen MR) is 69.1 cm³/mol. The van der Waals surface area contributed by atoms with E-state index in [0.717, 1.165) is 24.6 Å². The molecule has 2 heterocycles. The maximum absolute atomic E-state index is 5.15. The molecule has 2 nitrogen and oxygen atoms in total. The van der Waals surface area contributed by atoms with Gasteiger partial charge >= 0.3 is 0 Å². The summed E-state index contributed by atoms with van der Waals surface area (Å²) in [6.07, 6.45) is 5.39. The summed E-state index contributed by atoms with van der Waals surface area (Å²) in [4.78, 5) is 0. The number of hydrogen-bond acceptors (Lipinski definition) is 2. The zero-order chi connectivity index (χ0) is 11.7. The topological polar surface area (TPSA) is 21.3 Å². The van der Waals surface area contributed by atoms with Gasteiger partial charge in [0.15, 0.2) is 0 Å². The summed E-state index contributed by atoms with van der Waals surface area (Å²) in [5.74, 6) is 0.769. The summed E-state index contributed by atoms with van der Waals surface area (Å²) in [7, 11) is 1.75. The average molecular weight is 231 g/mol. The number of hydrogen-bond donors (Lipinski definition) is 1. The maximum atomic E-state index is 5.15. The fourth-order valence-electron chi connectivity index (χ4n) is 3.38. The van der Waals surface area contributed by atoms with Crippen LogP contribution in [-0.4, -0.2) is 19.2 Å². The van der Waals surface area contributed by atoms with Gasteiger partial charge in [0.2, 0.25) is 0 Å². The molecule has 2 saturated heterocycles. The summed E-state index contributed by atoms with van der Waals surface area (Å²) in [6, 6.07) is 10.6. The molecule has 0 radical (unpaired) electrons. The number of nitrogens with one attached hydrogen (secondary N) is 1. The van der Waals surface area contributed by atoms with Gasteiger partial charge in [-0.1, -0.05) is 24.3 Å². The van der Waals surface area contributed by atoms with Gasteiger partial charge in [0.1, 0.15) is 0 Å². The lowest BCUT2D eigenvalue weighted by molar-refractivity contribution is 0.185. The number of fused-ring (bicyclic) bond motifs is 2. The van der Waals surface area contributed by atoms with Gasteiger partial charge in [-0.2, -0.15) is 0 Å². The molecule has 1 aromatic carbocycles. The normalized spacial score (nSPS) is 31.7. The van der Waals surface area contributed by atoms with Gasteiger partial charge in [0, 0.05) is 19.2 Å². The van der Waals surface area contributed by atoms with Crippen molar-refractivity contribution in [3.8, 4) is 0 Å². The van der Waals surface area contributed by atoms with E-state index in [0.29, 0.717) is 0 Å². The third-order valence-electron chi connectivity index (χ3n) is 4.24. The minimum absolute atomic E-state index is 0.720. The van der Waals surface area contributed by atoms with E-state index in [4.69, 9.17) is 4.74 Å². The number of rotatable bonds is 3. The molecule has 2 aliphatic rings. The highest BCUT2D eigenvalue weighted by Crippen LogP contribution is 2.37. The zero-order valence-corrected chi connectivity index (χ0v) is 10.5. The third kappa shape index (κ3) is 2.38. The molecule has 0 aliphatic carbocycles. The molecule has 0 amide bonds. The fraction of sp³-hybridized carbons (Fsp3) is 0.600. The quantitative estimate of drug-likeness (QED) is 0.863. The monoisotopic (exact) mass is 231 g/mol. The van der Waals surface area contributed by atoms with Crippen LogP contribution in [-0.2, 0) is 11.3 Å². The highest BCUT2D eigenvalue weighted by atomic mass is 16.5. The molecule has 3 atom stereocenters. The van der Waals surface area contributed by atoms with E-state index in [2.05, 4.69) is 29.6 Å². The van der Waals surface area contributed by atoms with Gasteiger partial charge in [-0.25, -0.2) is 0 Å². The van der Waals surface area contributed by atoms with Gasteiger partial charge in [0.05, 0.1) is 6.61 Å². The van der Waals surface area contributed by atoms with Gasteiger partial charge < -0.3 is 10.1 Å². The lowest BCUT2D eigenvalue weighted by Crippen LogP contribution is -2.37. The summed E-state index contributed by atoms with van der Waals surface area (Å²) in [6.45, 7) is 0.720. The van der Waals surface area contributed by atoms with Gasteiger partial charge in [-0.05, 0) is 42.7 Å². The second-order valence-corrected chi connectivity index (χ2v) is 5.48. The van der Waals surface area contributed by atoms with Crippen LogP contribution in [0.2, 0.25) is 0 Å². The highest BCUT2D eigenvalue weighted by molar-refractivity contribution is 5.26. The van der Waals surface area contributed by atoms with E-state index < -0.39 is 0 Å². The van der Waals surface area contributed by atoms with Crippen molar-refractivity contribution in [2.45, 2.75) is 50.3 Å². The van der Waals surface area contributed by atoms with E-state index in [9.17, 15) is 0 Å². The molecule has 92 valence electrons. The van der Waals surface area contributed by atoms with Crippen molar-refractivity contribution in [1.29, 1.82) is 0 Å². The van der Waals surface area contributed by atoms with E-state index in [-0.39, 0.29) is 0 Å². The van der Waals surface area contributed by atoms with Crippen LogP contribution >= 0.6 is 0 Å². The standard InChI is InChI=1S/C15H21NO/c1-17-10-11-2-4-12(5-3-11)13-8-14-6-7-15(9-13)16-14/h2-5,13-16H,6-10H2,1H3/t13?,14-,15+. The van der Waals surface area contributed by atoms with E-state index in [1.165, 1.54) is 36.8 Å². The average Bonchev–Trinajstić information content (AvgIpc) is 2.70. The Morgan fingerprint density at radius 3 is 2.35 bits per heavy atom. The number of methoxy groups -OCH3 is 1. The summed E-state index contributed by atoms with van der Waals surface area (Å²) in [5, 5.41) is 3.70. The van der Waals surface area contributed by atoms with Crippen molar-refractivity contribution in [2.24, 2.45) is 0 Å². The first kappa shape index (κ1) is 11.2. The molecule has 0 aromatic heterocycles. The molecule has 1 aromatic rings. The van der Waals surface area contributed by atoms with Crippen LogP contribution in [0.5, 0.6) is 0 Å². The first-order valence-corrected chi connectivity index (χ1v) is 6.69. The Hall–Kier alpha value is -0.860. The zero-order valence-electron chi connectivity index (χ0n) is 10.5. The molecule has 2 heteroatoms. The Morgan fingerprint density at radius 1 is 1.12 bits per heavy atom. The minimum atomic E-state index is 0.720. The van der Waals surface area contributed by atoms with Crippen LogP contribution in [0.4, 0.5) is 0 Å². The fourth-order valence-corrected chi connectivity index (χ4v) is 3.38. The minimum Gasteiger partial charge on any atom is -0.380 e. The Morgan fingerprint density at radius 2 is 1.76 bits per heavy atom. The molecule has 2 bridgehead atoms. The Labute approximate surface area is 103 Å². The molecular weight excluding hydrogens is 210 g/mol. The number of benzene rings is 1. The van der Waals surface area contributed by atoms with Gasteiger partial charge in [0.25, 0.3) is 0 Å². The van der Waals surface area contributed by atoms with Crippen LogP contribution in [0.15, 0.2) is 24.3 Å². The van der Waals surface area contributed by atoms with Crippen LogP contribution in [0.25, 0.3) is 0 Å². The van der Waals surface area contributed by atoms with Gasteiger partial charge in [-0.3, -0.25) is 0 Å². The molecule has 1 N–H and O–H groups in total. The van der Waals surface area contributed by atoms with E-state index in [1.807, 2.05) is 0 Å². The molecule has 17 heavy (non-hydrogen) atoms. The number of piperidine rings is 1. The molecule has 3 rings (SSSR count). The lowest BCUT2D eigenvalue weighted by atomic mass is 9.86. The van der Waals surface area contributed by atoms with Gasteiger partial charge in [-0.15, -0.1) is 0 Å². The van der Waals surface area contributed by atoms with Crippen molar-refractivity contribution in [3.05, 3.63) is 35.4 Å². The number of ether oxygens (including phenoxy) is 1. The smallest absolute Gasteiger partial charge is 0.0713 e. The van der Waals surface area contributed by atoms with Crippen LogP contribution in [0.1, 0.15) is 42.7 Å². The predicted octanol–water partition coefficient (Wildman–Crippen LogP) is 2.83. The second-order valence-electron chi connectivity index (χ2n) is 5.48. The van der Waals surface area contributed by atoms with Crippen molar-refractivity contribution in [2.75, 3.05) is 7.11 Å². The molecule has 2 aliphatic heterocycles. The first-order valence-electron chi connectivity index (χ1n) is 6.69. The van der Waals surface area contributed by atoms with Crippen LogP contribution in [0.3, 0.4) is 0 Å². The maximum Gasteiger partial charge on any atom is 0.0713 e. The van der Waals surface area contributed by atoms with E-state index in [1.54, 1.807) is 7.11 Å². The van der Waals surface area contributed by atoms with Crippen LogP contribution in [0, 0.1) is 0 Å². The Kier molecular flexibility index (Phi) is 3.17. The molecule has 0 saturated carbocycles. The van der Waals surface area contributed by atoms with Crippen molar-refractivity contribution in [1.82, 2.24) is 5.32 Å². The molecule has 0 spiro atoms. The second kappa shape index (κ2) is 4.79. The SMILES string of the molecule is COCc1ccc(C2C[C@H]3CC[C@@H](C2)N3)cc1. The van der Waals surface area contributed by atoms with Crippen molar-refractivity contribution >= 4 is 0 Å². The lowest BCUT2D eigenvalue weighted by Gasteiger charge is -2.29. The third-order valence-corrected chi connectivity index (χ3v) is 4.24. The Bertz CT molecular complexity index is 361. The molecule has 2 fully saturated rings. The largest absolute Gasteiger partial charge is 0.380 e. The van der Waals surface area contributed by atoms with Crippen LogP contribution < -0.4 is 5.32 Å². The van der Waals surface area contributed by atoms with Crippen molar-refractivity contribution < 1.29 is 4.74 Å². The molecular formula is C15H21NO. The summed E-state index contributed by atoms with van der Waals surface area (Å²) < 4.78 is 5.15. The summed E-state index contributed by atoms with van der Waals surface area (Å²) >= 11 is 0. The highest BCUT2D eigenvalue weighted by Gasteiger charge is 2.33. The first-order chi connectivity index (χ1) is 8.35.